The molecule has 0 bridgehead atoms. The Balaban J connectivity index is 2.50. The standard InChI is InChI=1S/C17H18O2/c1-12(15-9-6-7-11-17(15)19-3)14-8-4-5-10-16(14)13(2)18/h4-12H,1-3H3. The third-order valence-corrected chi connectivity index (χ3v) is 3.41. The summed E-state index contributed by atoms with van der Waals surface area (Å²) in [5.74, 6) is 1.07. The number of hydrogen-bond acceptors (Lipinski definition) is 2. The van der Waals surface area contributed by atoms with E-state index in [2.05, 4.69) is 6.92 Å². The van der Waals surface area contributed by atoms with Gasteiger partial charge in [0.1, 0.15) is 5.75 Å². The van der Waals surface area contributed by atoms with Crippen molar-refractivity contribution < 1.29 is 9.53 Å². The first kappa shape index (κ1) is 13.3. The Morgan fingerprint density at radius 3 is 2.21 bits per heavy atom. The van der Waals surface area contributed by atoms with Gasteiger partial charge in [-0.1, -0.05) is 49.4 Å². The highest BCUT2D eigenvalue weighted by molar-refractivity contribution is 5.95. The lowest BCUT2D eigenvalue weighted by atomic mass is 9.88. The highest BCUT2D eigenvalue weighted by atomic mass is 16.5. The van der Waals surface area contributed by atoms with Crippen LogP contribution in [0.5, 0.6) is 5.75 Å². The number of rotatable bonds is 4. The monoisotopic (exact) mass is 254 g/mol. The Labute approximate surface area is 114 Å². The normalized spacial score (nSPS) is 11.9. The first-order chi connectivity index (χ1) is 9.15. The molecule has 0 aromatic heterocycles. The first-order valence-corrected chi connectivity index (χ1v) is 6.38. The number of para-hydroxylation sites is 1. The molecule has 0 amide bonds. The SMILES string of the molecule is COc1ccccc1C(C)c1ccccc1C(C)=O. The van der Waals surface area contributed by atoms with Gasteiger partial charge >= 0.3 is 0 Å². The molecule has 98 valence electrons. The largest absolute Gasteiger partial charge is 0.496 e. The van der Waals surface area contributed by atoms with Gasteiger partial charge in [-0.05, 0) is 18.6 Å². The van der Waals surface area contributed by atoms with Crippen LogP contribution in [0.2, 0.25) is 0 Å². The van der Waals surface area contributed by atoms with Gasteiger partial charge in [0.25, 0.3) is 0 Å². The molecular formula is C17H18O2. The molecule has 2 nitrogen and oxygen atoms in total. The second kappa shape index (κ2) is 5.70. The minimum absolute atomic E-state index is 0.0948. The number of ether oxygens (including phenoxy) is 1. The number of Topliss-reactive ketones (excluding diaryl/α,β-unsaturated/α-hetero) is 1. The van der Waals surface area contributed by atoms with Gasteiger partial charge in [-0.3, -0.25) is 4.79 Å². The molecule has 1 unspecified atom stereocenters. The summed E-state index contributed by atoms with van der Waals surface area (Å²) in [6.07, 6.45) is 0. The van der Waals surface area contributed by atoms with Crippen LogP contribution in [0, 0.1) is 0 Å². The number of methoxy groups -OCH3 is 1. The van der Waals surface area contributed by atoms with Crippen LogP contribution >= 0.6 is 0 Å². The predicted octanol–water partition coefficient (Wildman–Crippen LogP) is 4.05. The van der Waals surface area contributed by atoms with Gasteiger partial charge in [-0.25, -0.2) is 0 Å². The van der Waals surface area contributed by atoms with E-state index in [1.807, 2.05) is 48.5 Å². The molecule has 0 N–H and O–H groups in total. The quantitative estimate of drug-likeness (QED) is 0.769. The molecule has 0 saturated heterocycles. The molecule has 0 aliphatic rings. The molecule has 19 heavy (non-hydrogen) atoms. The zero-order chi connectivity index (χ0) is 13.8. The van der Waals surface area contributed by atoms with Crippen molar-refractivity contribution in [2.45, 2.75) is 19.8 Å². The van der Waals surface area contributed by atoms with Crippen LogP contribution in [0.1, 0.15) is 41.3 Å². The van der Waals surface area contributed by atoms with E-state index in [1.165, 1.54) is 0 Å². The molecule has 0 aliphatic heterocycles. The number of ketones is 1. The molecule has 0 heterocycles. The van der Waals surface area contributed by atoms with Crippen molar-refractivity contribution in [1.82, 2.24) is 0 Å². The van der Waals surface area contributed by atoms with E-state index in [1.54, 1.807) is 14.0 Å². The molecular weight excluding hydrogens is 236 g/mol. The van der Waals surface area contributed by atoms with Crippen LogP contribution in [0.15, 0.2) is 48.5 Å². The maximum absolute atomic E-state index is 11.7. The smallest absolute Gasteiger partial charge is 0.160 e. The van der Waals surface area contributed by atoms with Crippen LogP contribution < -0.4 is 4.74 Å². The Bertz CT molecular complexity index is 587. The van der Waals surface area contributed by atoms with Gasteiger partial charge in [0.05, 0.1) is 7.11 Å². The van der Waals surface area contributed by atoms with E-state index in [-0.39, 0.29) is 11.7 Å². The molecule has 0 radical (unpaired) electrons. The average molecular weight is 254 g/mol. The highest BCUT2D eigenvalue weighted by Crippen LogP contribution is 2.33. The van der Waals surface area contributed by atoms with Crippen molar-refractivity contribution in [2.24, 2.45) is 0 Å². The van der Waals surface area contributed by atoms with E-state index >= 15 is 0 Å². The van der Waals surface area contributed by atoms with Crippen molar-refractivity contribution in [3.63, 3.8) is 0 Å². The van der Waals surface area contributed by atoms with Crippen molar-refractivity contribution in [2.75, 3.05) is 7.11 Å². The van der Waals surface area contributed by atoms with Crippen LogP contribution in [-0.2, 0) is 0 Å². The van der Waals surface area contributed by atoms with E-state index in [9.17, 15) is 4.79 Å². The second-order valence-corrected chi connectivity index (χ2v) is 4.61. The minimum Gasteiger partial charge on any atom is -0.496 e. The van der Waals surface area contributed by atoms with E-state index in [0.29, 0.717) is 0 Å². The molecule has 2 aromatic carbocycles. The zero-order valence-electron chi connectivity index (χ0n) is 11.5. The van der Waals surface area contributed by atoms with Crippen LogP contribution in [0.25, 0.3) is 0 Å². The Kier molecular flexibility index (Phi) is 4.00. The van der Waals surface area contributed by atoms with E-state index in [4.69, 9.17) is 4.74 Å². The Hall–Kier alpha value is -2.09. The topological polar surface area (TPSA) is 26.3 Å². The zero-order valence-corrected chi connectivity index (χ0v) is 11.5. The van der Waals surface area contributed by atoms with Crippen molar-refractivity contribution in [1.29, 1.82) is 0 Å². The summed E-state index contributed by atoms with van der Waals surface area (Å²) in [4.78, 5) is 11.7. The predicted molar refractivity (Wildman–Crippen MR) is 77.0 cm³/mol. The molecule has 2 aromatic rings. The summed E-state index contributed by atoms with van der Waals surface area (Å²) < 4.78 is 5.40. The van der Waals surface area contributed by atoms with Crippen molar-refractivity contribution >= 4 is 5.78 Å². The molecule has 2 rings (SSSR count). The van der Waals surface area contributed by atoms with Gasteiger partial charge in [0.2, 0.25) is 0 Å². The lowest BCUT2D eigenvalue weighted by Gasteiger charge is -2.18. The van der Waals surface area contributed by atoms with Gasteiger partial charge in [-0.2, -0.15) is 0 Å². The summed E-state index contributed by atoms with van der Waals surface area (Å²) in [6, 6.07) is 15.7. The maximum Gasteiger partial charge on any atom is 0.160 e. The summed E-state index contributed by atoms with van der Waals surface area (Å²) >= 11 is 0. The average Bonchev–Trinajstić information content (AvgIpc) is 2.46. The second-order valence-electron chi connectivity index (χ2n) is 4.61. The summed E-state index contributed by atoms with van der Waals surface area (Å²) in [5.41, 5.74) is 2.92. The van der Waals surface area contributed by atoms with E-state index in [0.717, 1.165) is 22.4 Å². The molecule has 1 atom stereocenters. The summed E-state index contributed by atoms with van der Waals surface area (Å²) in [7, 11) is 1.67. The molecule has 2 heteroatoms. The lowest BCUT2D eigenvalue weighted by molar-refractivity contribution is 0.101. The Morgan fingerprint density at radius 2 is 1.58 bits per heavy atom. The van der Waals surface area contributed by atoms with Gasteiger partial charge < -0.3 is 4.74 Å². The van der Waals surface area contributed by atoms with Crippen LogP contribution in [0.4, 0.5) is 0 Å². The summed E-state index contributed by atoms with van der Waals surface area (Å²) in [5, 5.41) is 0. The number of carbonyl (C=O) groups excluding carboxylic acids is 1. The third-order valence-electron chi connectivity index (χ3n) is 3.41. The molecule has 0 saturated carbocycles. The molecule has 0 spiro atoms. The summed E-state index contributed by atoms with van der Waals surface area (Å²) in [6.45, 7) is 3.70. The van der Waals surface area contributed by atoms with E-state index < -0.39 is 0 Å². The number of carbonyl (C=O) groups is 1. The molecule has 0 aliphatic carbocycles. The lowest BCUT2D eigenvalue weighted by Crippen LogP contribution is -2.05. The van der Waals surface area contributed by atoms with Gasteiger partial charge in [0, 0.05) is 17.0 Å². The highest BCUT2D eigenvalue weighted by Gasteiger charge is 2.17. The van der Waals surface area contributed by atoms with Crippen LogP contribution in [0.3, 0.4) is 0 Å². The van der Waals surface area contributed by atoms with Crippen LogP contribution in [-0.4, -0.2) is 12.9 Å². The van der Waals surface area contributed by atoms with Gasteiger partial charge in [-0.15, -0.1) is 0 Å². The minimum atomic E-state index is 0.0948. The molecule has 0 fully saturated rings. The Morgan fingerprint density at radius 1 is 1.00 bits per heavy atom. The van der Waals surface area contributed by atoms with Gasteiger partial charge in [0.15, 0.2) is 5.78 Å². The number of hydrogen-bond donors (Lipinski definition) is 0. The third kappa shape index (κ3) is 2.68. The van der Waals surface area contributed by atoms with Crippen molar-refractivity contribution in [3.8, 4) is 5.75 Å². The first-order valence-electron chi connectivity index (χ1n) is 6.38. The van der Waals surface area contributed by atoms with Crippen molar-refractivity contribution in [3.05, 3.63) is 65.2 Å². The number of benzene rings is 2. The maximum atomic E-state index is 11.7. The fourth-order valence-electron chi connectivity index (χ4n) is 2.39. The fraction of sp³-hybridized carbons (Fsp3) is 0.235. The fourth-order valence-corrected chi connectivity index (χ4v) is 2.39.